The molecular formula is C3H5N5O. The number of urea groups is 1. The van der Waals surface area contributed by atoms with Crippen molar-refractivity contribution in [3.8, 4) is 0 Å². The van der Waals surface area contributed by atoms with Crippen LogP contribution in [0, 0.1) is 0 Å². The minimum absolute atomic E-state index is 0.183. The number of aromatic nitrogens is 3. The highest BCUT2D eigenvalue weighted by atomic mass is 16.2. The summed E-state index contributed by atoms with van der Waals surface area (Å²) in [6.07, 6.45) is 1.34. The van der Waals surface area contributed by atoms with E-state index < -0.39 is 6.03 Å². The third-order valence-electron chi connectivity index (χ3n) is 0.650. The van der Waals surface area contributed by atoms with Crippen LogP contribution in [-0.2, 0) is 0 Å². The van der Waals surface area contributed by atoms with E-state index in [-0.39, 0.29) is 5.95 Å². The molecule has 0 aliphatic rings. The van der Waals surface area contributed by atoms with E-state index in [1.54, 1.807) is 0 Å². The number of nitrogens with one attached hydrogen (secondary N) is 2. The van der Waals surface area contributed by atoms with Crippen molar-refractivity contribution in [3.63, 3.8) is 0 Å². The fourth-order valence-corrected chi connectivity index (χ4v) is 0.379. The molecule has 0 unspecified atom stereocenters. The Labute approximate surface area is 50.5 Å². The molecule has 4 N–H and O–H groups in total. The van der Waals surface area contributed by atoms with E-state index in [0.29, 0.717) is 0 Å². The standard InChI is InChI=1S/C3H5N5O/c4-2(9)7-3-5-1-6-8-3/h1H,(H4,4,5,6,7,8,9). The highest BCUT2D eigenvalue weighted by molar-refractivity contribution is 5.85. The Hall–Kier alpha value is -1.59. The molecule has 0 bridgehead atoms. The maximum absolute atomic E-state index is 10.1. The Balaban J connectivity index is 2.58. The van der Waals surface area contributed by atoms with Crippen LogP contribution in [-0.4, -0.2) is 21.2 Å². The van der Waals surface area contributed by atoms with Crippen LogP contribution in [0.4, 0.5) is 10.7 Å². The largest absolute Gasteiger partial charge is 0.351 e. The van der Waals surface area contributed by atoms with Crippen LogP contribution in [0.1, 0.15) is 0 Å². The topological polar surface area (TPSA) is 96.7 Å². The first-order valence-corrected chi connectivity index (χ1v) is 2.21. The fourth-order valence-electron chi connectivity index (χ4n) is 0.379. The molecule has 2 amide bonds. The molecule has 0 fully saturated rings. The predicted octanol–water partition coefficient (Wildman–Crippen LogP) is -0.705. The molecule has 0 spiro atoms. The summed E-state index contributed by atoms with van der Waals surface area (Å²) in [5.41, 5.74) is 4.74. The van der Waals surface area contributed by atoms with Crippen LogP contribution in [0.3, 0.4) is 0 Å². The van der Waals surface area contributed by atoms with Crippen molar-refractivity contribution in [2.24, 2.45) is 5.73 Å². The van der Waals surface area contributed by atoms with Gasteiger partial charge in [-0.05, 0) is 0 Å². The molecule has 1 aromatic heterocycles. The molecule has 1 aromatic rings. The lowest BCUT2D eigenvalue weighted by atomic mass is 10.9. The average Bonchev–Trinajstić information content (AvgIpc) is 2.15. The van der Waals surface area contributed by atoms with E-state index in [1.165, 1.54) is 6.33 Å². The van der Waals surface area contributed by atoms with E-state index in [9.17, 15) is 4.79 Å². The first kappa shape index (κ1) is 5.54. The Bertz CT molecular complexity index is 192. The van der Waals surface area contributed by atoms with Crippen molar-refractivity contribution in [1.29, 1.82) is 0 Å². The number of hydrogen-bond donors (Lipinski definition) is 3. The number of H-pyrrole nitrogens is 1. The lowest BCUT2D eigenvalue weighted by Crippen LogP contribution is -2.19. The molecular weight excluding hydrogens is 122 g/mol. The number of anilines is 1. The van der Waals surface area contributed by atoms with Gasteiger partial charge in [-0.2, -0.15) is 0 Å². The summed E-state index contributed by atoms with van der Waals surface area (Å²) in [4.78, 5) is 13.7. The molecule has 48 valence electrons. The average molecular weight is 127 g/mol. The number of rotatable bonds is 1. The Morgan fingerprint density at radius 2 is 2.67 bits per heavy atom. The summed E-state index contributed by atoms with van der Waals surface area (Å²) in [7, 11) is 0. The van der Waals surface area contributed by atoms with Crippen molar-refractivity contribution < 1.29 is 4.79 Å². The van der Waals surface area contributed by atoms with Crippen molar-refractivity contribution in [1.82, 2.24) is 15.2 Å². The van der Waals surface area contributed by atoms with Gasteiger partial charge in [-0.25, -0.2) is 9.78 Å². The second-order valence-electron chi connectivity index (χ2n) is 1.31. The maximum Gasteiger partial charge on any atom is 0.319 e. The third kappa shape index (κ3) is 1.41. The minimum Gasteiger partial charge on any atom is -0.351 e. The Morgan fingerprint density at radius 1 is 1.89 bits per heavy atom. The summed E-state index contributed by atoms with van der Waals surface area (Å²) in [5.74, 6) is 0.183. The van der Waals surface area contributed by atoms with Crippen LogP contribution in [0.2, 0.25) is 0 Å². The van der Waals surface area contributed by atoms with E-state index in [1.807, 2.05) is 0 Å². The smallest absolute Gasteiger partial charge is 0.319 e. The minimum atomic E-state index is -0.672. The summed E-state index contributed by atoms with van der Waals surface area (Å²) in [6, 6.07) is -0.672. The number of nitrogens with zero attached hydrogens (tertiary/aromatic N) is 2. The van der Waals surface area contributed by atoms with Gasteiger partial charge in [0.1, 0.15) is 6.33 Å². The van der Waals surface area contributed by atoms with Gasteiger partial charge in [-0.3, -0.25) is 10.4 Å². The van der Waals surface area contributed by atoms with Crippen molar-refractivity contribution in [2.45, 2.75) is 0 Å². The van der Waals surface area contributed by atoms with Gasteiger partial charge in [0.15, 0.2) is 0 Å². The number of aromatic amines is 1. The Morgan fingerprint density at radius 3 is 3.11 bits per heavy atom. The molecule has 6 heteroatoms. The van der Waals surface area contributed by atoms with Crippen LogP contribution in [0.15, 0.2) is 6.33 Å². The van der Waals surface area contributed by atoms with Gasteiger partial charge < -0.3 is 5.73 Å². The zero-order chi connectivity index (χ0) is 6.69. The van der Waals surface area contributed by atoms with Crippen molar-refractivity contribution in [3.05, 3.63) is 6.33 Å². The molecule has 0 aromatic carbocycles. The lowest BCUT2D eigenvalue weighted by molar-refractivity contribution is 0.259. The molecule has 1 rings (SSSR count). The first-order valence-electron chi connectivity index (χ1n) is 2.21. The molecule has 0 radical (unpaired) electrons. The van der Waals surface area contributed by atoms with E-state index in [4.69, 9.17) is 5.73 Å². The second-order valence-corrected chi connectivity index (χ2v) is 1.31. The quantitative estimate of drug-likeness (QED) is 0.465. The summed E-state index contributed by atoms with van der Waals surface area (Å²) < 4.78 is 0. The highest BCUT2D eigenvalue weighted by Gasteiger charge is 1.95. The predicted molar refractivity (Wildman–Crippen MR) is 29.6 cm³/mol. The van der Waals surface area contributed by atoms with Gasteiger partial charge in [0, 0.05) is 0 Å². The first-order chi connectivity index (χ1) is 4.29. The molecule has 0 aliphatic carbocycles. The SMILES string of the molecule is NC(=O)Nc1nc[nH]n1. The molecule has 0 aliphatic heterocycles. The van der Waals surface area contributed by atoms with E-state index >= 15 is 0 Å². The number of carbonyl (C=O) groups is 1. The van der Waals surface area contributed by atoms with E-state index in [2.05, 4.69) is 20.5 Å². The number of carbonyl (C=O) groups excluding carboxylic acids is 1. The van der Waals surface area contributed by atoms with Gasteiger partial charge in [-0.1, -0.05) is 0 Å². The van der Waals surface area contributed by atoms with Crippen LogP contribution >= 0.6 is 0 Å². The zero-order valence-electron chi connectivity index (χ0n) is 4.46. The fraction of sp³-hybridized carbons (Fsp3) is 0. The third-order valence-corrected chi connectivity index (χ3v) is 0.650. The molecule has 6 nitrogen and oxygen atoms in total. The van der Waals surface area contributed by atoms with Crippen LogP contribution in [0.5, 0.6) is 0 Å². The number of amides is 2. The molecule has 0 saturated heterocycles. The highest BCUT2D eigenvalue weighted by Crippen LogP contribution is 1.88. The summed E-state index contributed by atoms with van der Waals surface area (Å²) >= 11 is 0. The molecule has 1 heterocycles. The molecule has 0 atom stereocenters. The summed E-state index contributed by atoms with van der Waals surface area (Å²) in [6.45, 7) is 0. The zero-order valence-corrected chi connectivity index (χ0v) is 4.46. The molecule has 9 heavy (non-hydrogen) atoms. The van der Waals surface area contributed by atoms with Gasteiger partial charge in [0.2, 0.25) is 5.95 Å². The van der Waals surface area contributed by atoms with Gasteiger partial charge in [0.05, 0.1) is 0 Å². The van der Waals surface area contributed by atoms with E-state index in [0.717, 1.165) is 0 Å². The van der Waals surface area contributed by atoms with Crippen LogP contribution < -0.4 is 11.1 Å². The Kier molecular flexibility index (Phi) is 1.31. The van der Waals surface area contributed by atoms with Crippen LogP contribution in [0.25, 0.3) is 0 Å². The van der Waals surface area contributed by atoms with Gasteiger partial charge in [-0.15, -0.1) is 5.10 Å². The summed E-state index contributed by atoms with van der Waals surface area (Å²) in [5, 5.41) is 8.08. The number of primary amides is 1. The van der Waals surface area contributed by atoms with Gasteiger partial charge in [0.25, 0.3) is 0 Å². The van der Waals surface area contributed by atoms with Crippen molar-refractivity contribution >= 4 is 12.0 Å². The lowest BCUT2D eigenvalue weighted by Gasteiger charge is -1.89. The second kappa shape index (κ2) is 2.12. The molecule has 0 saturated carbocycles. The van der Waals surface area contributed by atoms with Gasteiger partial charge >= 0.3 is 6.03 Å². The maximum atomic E-state index is 10.1. The number of hydrogen-bond acceptors (Lipinski definition) is 3. The monoisotopic (exact) mass is 127 g/mol. The van der Waals surface area contributed by atoms with Crippen molar-refractivity contribution in [2.75, 3.05) is 5.32 Å². The number of nitrogens with two attached hydrogens (primary N) is 1. The normalized spacial score (nSPS) is 8.89.